The van der Waals surface area contributed by atoms with Crippen molar-refractivity contribution in [3.8, 4) is 17.2 Å². The zero-order valence-electron chi connectivity index (χ0n) is 19.6. The van der Waals surface area contributed by atoms with E-state index in [9.17, 15) is 14.7 Å². The van der Waals surface area contributed by atoms with E-state index in [1.54, 1.807) is 13.2 Å². The van der Waals surface area contributed by atoms with E-state index in [2.05, 4.69) is 11.9 Å². The number of hydrogen-bond donors (Lipinski definition) is 1. The summed E-state index contributed by atoms with van der Waals surface area (Å²) in [6.07, 6.45) is 3.81. The molecular weight excluding hydrogens is 420 g/mol. The van der Waals surface area contributed by atoms with Gasteiger partial charge in [0.25, 0.3) is 0 Å². The lowest BCUT2D eigenvalue weighted by Crippen LogP contribution is -2.36. The second kappa shape index (κ2) is 9.83. The SMILES string of the molecule is COc1cc2c(cc1O)CC(=O)N(CCCN(C)C[C@H]1Cc3cc(OC)c(C=O)cc31)CC2. The van der Waals surface area contributed by atoms with Crippen molar-refractivity contribution in [1.82, 2.24) is 9.80 Å². The number of methoxy groups -OCH3 is 2. The molecule has 0 unspecified atom stereocenters. The minimum absolute atomic E-state index is 0.0791. The van der Waals surface area contributed by atoms with Crippen molar-refractivity contribution in [2.45, 2.75) is 31.6 Å². The second-order valence-electron chi connectivity index (χ2n) is 9.03. The molecule has 0 saturated heterocycles. The van der Waals surface area contributed by atoms with Crippen molar-refractivity contribution in [2.24, 2.45) is 0 Å². The monoisotopic (exact) mass is 452 g/mol. The highest BCUT2D eigenvalue weighted by Crippen LogP contribution is 2.39. The fourth-order valence-electron chi connectivity index (χ4n) is 4.99. The van der Waals surface area contributed by atoms with Gasteiger partial charge in [0, 0.05) is 25.6 Å². The molecule has 1 atom stereocenters. The molecule has 33 heavy (non-hydrogen) atoms. The fourth-order valence-corrected chi connectivity index (χ4v) is 4.99. The zero-order valence-corrected chi connectivity index (χ0v) is 19.6. The first-order valence-electron chi connectivity index (χ1n) is 11.4. The molecule has 2 aromatic carbocycles. The van der Waals surface area contributed by atoms with Gasteiger partial charge in [-0.05, 0) is 79.4 Å². The van der Waals surface area contributed by atoms with Crippen LogP contribution >= 0.6 is 0 Å². The zero-order chi connectivity index (χ0) is 23.5. The standard InChI is InChI=1S/C26H32N2O5/c1-27(15-20-9-19-13-24(32-2)21(16-29)10-22(19)20)6-4-7-28-8-5-17-12-25(33-3)23(30)11-18(17)14-26(28)31/h10-13,16,20,30H,4-9,14-15H2,1-3H3/t20-/m1/s1. The lowest BCUT2D eigenvalue weighted by molar-refractivity contribution is -0.130. The summed E-state index contributed by atoms with van der Waals surface area (Å²) in [6, 6.07) is 7.44. The van der Waals surface area contributed by atoms with Crippen LogP contribution in [-0.2, 0) is 24.1 Å². The average Bonchev–Trinajstić information content (AvgIpc) is 2.94. The van der Waals surface area contributed by atoms with Gasteiger partial charge in [-0.3, -0.25) is 9.59 Å². The molecule has 4 rings (SSSR count). The number of likely N-dealkylation sites (N-methyl/N-ethyl adjacent to an activating group) is 1. The molecule has 2 aliphatic rings. The van der Waals surface area contributed by atoms with E-state index in [-0.39, 0.29) is 11.7 Å². The molecule has 1 aliphatic carbocycles. The van der Waals surface area contributed by atoms with E-state index in [4.69, 9.17) is 9.47 Å². The number of hydrogen-bond acceptors (Lipinski definition) is 6. The molecule has 1 heterocycles. The summed E-state index contributed by atoms with van der Waals surface area (Å²) in [5.74, 6) is 1.70. The average molecular weight is 453 g/mol. The molecule has 0 radical (unpaired) electrons. The highest BCUT2D eigenvalue weighted by Gasteiger charge is 2.29. The number of carbonyl (C=O) groups is 2. The molecule has 7 heteroatoms. The maximum atomic E-state index is 12.8. The number of nitrogens with zero attached hydrogens (tertiary/aromatic N) is 2. The summed E-state index contributed by atoms with van der Waals surface area (Å²) in [6.45, 7) is 3.22. The van der Waals surface area contributed by atoms with Crippen molar-refractivity contribution in [3.05, 3.63) is 52.1 Å². The Morgan fingerprint density at radius 2 is 1.88 bits per heavy atom. The van der Waals surface area contributed by atoms with Crippen molar-refractivity contribution in [1.29, 1.82) is 0 Å². The Morgan fingerprint density at radius 1 is 1.12 bits per heavy atom. The van der Waals surface area contributed by atoms with Crippen LogP contribution in [0.4, 0.5) is 0 Å². The minimum Gasteiger partial charge on any atom is -0.504 e. The summed E-state index contributed by atoms with van der Waals surface area (Å²) in [5.41, 5.74) is 5.05. The lowest BCUT2D eigenvalue weighted by Gasteiger charge is -2.34. The van der Waals surface area contributed by atoms with Gasteiger partial charge in [-0.25, -0.2) is 0 Å². The first-order valence-corrected chi connectivity index (χ1v) is 11.4. The van der Waals surface area contributed by atoms with Crippen LogP contribution in [0, 0.1) is 0 Å². The van der Waals surface area contributed by atoms with Crippen molar-refractivity contribution in [2.75, 3.05) is 47.4 Å². The topological polar surface area (TPSA) is 79.3 Å². The van der Waals surface area contributed by atoms with Gasteiger partial charge in [0.2, 0.25) is 5.91 Å². The molecule has 0 spiro atoms. The Labute approximate surface area is 194 Å². The summed E-state index contributed by atoms with van der Waals surface area (Å²) < 4.78 is 10.5. The number of rotatable bonds is 9. The molecular formula is C26H32N2O5. The van der Waals surface area contributed by atoms with Crippen molar-refractivity contribution in [3.63, 3.8) is 0 Å². The molecule has 176 valence electrons. The van der Waals surface area contributed by atoms with Crippen LogP contribution in [0.1, 0.15) is 45.0 Å². The molecule has 1 amide bonds. The number of benzene rings is 2. The predicted octanol–water partition coefficient (Wildman–Crippen LogP) is 2.81. The summed E-state index contributed by atoms with van der Waals surface area (Å²) in [4.78, 5) is 28.3. The number of phenolic OH excluding ortho intramolecular Hbond substituents is 1. The smallest absolute Gasteiger partial charge is 0.227 e. The Balaban J connectivity index is 1.27. The van der Waals surface area contributed by atoms with Crippen LogP contribution in [0.15, 0.2) is 24.3 Å². The molecule has 0 bridgehead atoms. The summed E-state index contributed by atoms with van der Waals surface area (Å²) >= 11 is 0. The first-order chi connectivity index (χ1) is 15.9. The van der Waals surface area contributed by atoms with E-state index < -0.39 is 0 Å². The van der Waals surface area contributed by atoms with Gasteiger partial charge in [0.15, 0.2) is 17.8 Å². The van der Waals surface area contributed by atoms with E-state index in [1.165, 1.54) is 18.2 Å². The molecule has 0 saturated carbocycles. The third kappa shape index (κ3) is 4.83. The third-order valence-electron chi connectivity index (χ3n) is 6.87. The normalized spacial score (nSPS) is 17.2. The highest BCUT2D eigenvalue weighted by molar-refractivity contribution is 5.81. The van der Waals surface area contributed by atoms with E-state index in [0.29, 0.717) is 42.5 Å². The van der Waals surface area contributed by atoms with Crippen LogP contribution in [0.3, 0.4) is 0 Å². The van der Waals surface area contributed by atoms with Gasteiger partial charge in [-0.1, -0.05) is 0 Å². The van der Waals surface area contributed by atoms with Gasteiger partial charge in [-0.2, -0.15) is 0 Å². The predicted molar refractivity (Wildman–Crippen MR) is 126 cm³/mol. The maximum absolute atomic E-state index is 12.8. The Bertz CT molecular complexity index is 1050. The number of aldehydes is 1. The van der Waals surface area contributed by atoms with E-state index in [1.807, 2.05) is 23.1 Å². The Morgan fingerprint density at radius 3 is 2.61 bits per heavy atom. The first kappa shape index (κ1) is 23.1. The van der Waals surface area contributed by atoms with Gasteiger partial charge in [0.1, 0.15) is 5.75 Å². The van der Waals surface area contributed by atoms with E-state index in [0.717, 1.165) is 49.8 Å². The summed E-state index contributed by atoms with van der Waals surface area (Å²) in [7, 11) is 5.23. The number of phenols is 1. The quantitative estimate of drug-likeness (QED) is 0.590. The summed E-state index contributed by atoms with van der Waals surface area (Å²) in [5, 5.41) is 10.0. The molecule has 1 N–H and O–H groups in total. The van der Waals surface area contributed by atoms with Gasteiger partial charge < -0.3 is 24.4 Å². The number of ether oxygens (including phenoxy) is 2. The Kier molecular flexibility index (Phi) is 6.88. The van der Waals surface area contributed by atoms with Crippen LogP contribution in [0.25, 0.3) is 0 Å². The van der Waals surface area contributed by atoms with E-state index >= 15 is 0 Å². The van der Waals surface area contributed by atoms with Gasteiger partial charge >= 0.3 is 0 Å². The highest BCUT2D eigenvalue weighted by atomic mass is 16.5. The van der Waals surface area contributed by atoms with Crippen molar-refractivity contribution < 1.29 is 24.2 Å². The lowest BCUT2D eigenvalue weighted by atomic mass is 9.76. The van der Waals surface area contributed by atoms with Crippen LogP contribution in [0.2, 0.25) is 0 Å². The molecule has 1 aliphatic heterocycles. The molecule has 7 nitrogen and oxygen atoms in total. The fraction of sp³-hybridized carbons (Fsp3) is 0.462. The van der Waals surface area contributed by atoms with Crippen molar-refractivity contribution >= 4 is 12.2 Å². The number of fused-ring (bicyclic) bond motifs is 2. The van der Waals surface area contributed by atoms with Gasteiger partial charge in [0.05, 0.1) is 26.2 Å². The van der Waals surface area contributed by atoms with Crippen LogP contribution in [-0.4, -0.2) is 74.5 Å². The third-order valence-corrected chi connectivity index (χ3v) is 6.87. The van der Waals surface area contributed by atoms with Crippen LogP contribution in [0.5, 0.6) is 17.2 Å². The Hall–Kier alpha value is -3.06. The minimum atomic E-state index is 0.0791. The van der Waals surface area contributed by atoms with Gasteiger partial charge in [-0.15, -0.1) is 0 Å². The number of amides is 1. The number of aromatic hydroxyl groups is 1. The molecule has 0 aromatic heterocycles. The molecule has 0 fully saturated rings. The molecule has 2 aromatic rings. The second-order valence-corrected chi connectivity index (χ2v) is 9.03. The van der Waals surface area contributed by atoms with Crippen LogP contribution < -0.4 is 9.47 Å². The number of carbonyl (C=O) groups excluding carboxylic acids is 2. The maximum Gasteiger partial charge on any atom is 0.227 e. The largest absolute Gasteiger partial charge is 0.504 e.